The number of benzene rings is 1. The average Bonchev–Trinajstić information content (AvgIpc) is 3.14. The molecule has 0 aliphatic carbocycles. The number of anilines is 2. The normalized spacial score (nSPS) is 14.6. The van der Waals surface area contributed by atoms with Gasteiger partial charge in [-0.25, -0.2) is 9.78 Å². The molecule has 0 bridgehead atoms. The Bertz CT molecular complexity index is 964. The molecular weight excluding hydrogens is 360 g/mol. The summed E-state index contributed by atoms with van der Waals surface area (Å²) in [6.07, 6.45) is 1.65. The third kappa shape index (κ3) is 3.47. The van der Waals surface area contributed by atoms with Gasteiger partial charge in [-0.15, -0.1) is 11.3 Å². The summed E-state index contributed by atoms with van der Waals surface area (Å²) in [5.41, 5.74) is 3.41. The molecule has 0 amide bonds. The van der Waals surface area contributed by atoms with E-state index in [9.17, 15) is 4.79 Å². The molecule has 140 valence electrons. The maximum Gasteiger partial charge on any atom is 0.341 e. The first kappa shape index (κ1) is 17.7. The van der Waals surface area contributed by atoms with E-state index in [1.165, 1.54) is 0 Å². The van der Waals surface area contributed by atoms with Crippen molar-refractivity contribution < 1.29 is 9.53 Å². The number of pyridine rings is 1. The van der Waals surface area contributed by atoms with Gasteiger partial charge in [0, 0.05) is 43.1 Å². The van der Waals surface area contributed by atoms with Crippen LogP contribution in [0.5, 0.6) is 0 Å². The molecule has 4 rings (SSSR count). The highest BCUT2D eigenvalue weighted by molar-refractivity contribution is 7.13. The second kappa shape index (κ2) is 7.52. The predicted octanol–water partition coefficient (Wildman–Crippen LogP) is 3.50. The van der Waals surface area contributed by atoms with E-state index in [1.54, 1.807) is 17.5 Å². The van der Waals surface area contributed by atoms with Crippen LogP contribution in [0.25, 0.3) is 10.9 Å². The van der Waals surface area contributed by atoms with E-state index in [2.05, 4.69) is 25.1 Å². The highest BCUT2D eigenvalue weighted by atomic mass is 32.1. The smallest absolute Gasteiger partial charge is 0.341 e. The van der Waals surface area contributed by atoms with Crippen LogP contribution in [0.4, 0.5) is 10.8 Å². The second-order valence-corrected chi connectivity index (χ2v) is 7.34. The van der Waals surface area contributed by atoms with Crippen LogP contribution in [-0.4, -0.2) is 48.7 Å². The minimum atomic E-state index is -0.316. The van der Waals surface area contributed by atoms with E-state index in [0.29, 0.717) is 12.2 Å². The molecule has 0 atom stereocenters. The zero-order valence-electron chi connectivity index (χ0n) is 15.5. The number of nitrogens with zero attached hydrogens (tertiary/aromatic N) is 4. The molecule has 0 saturated carbocycles. The molecule has 3 heterocycles. The summed E-state index contributed by atoms with van der Waals surface area (Å²) in [5.74, 6) is -0.316. The third-order valence-corrected chi connectivity index (χ3v) is 5.73. The summed E-state index contributed by atoms with van der Waals surface area (Å²) in [7, 11) is 0. The molecule has 6 nitrogen and oxygen atoms in total. The third-order valence-electron chi connectivity index (χ3n) is 4.72. The molecule has 1 aromatic carbocycles. The topological polar surface area (TPSA) is 58.6 Å². The van der Waals surface area contributed by atoms with Crippen LogP contribution in [0.2, 0.25) is 0 Å². The molecule has 3 aromatic rings. The van der Waals surface area contributed by atoms with Crippen molar-refractivity contribution in [1.82, 2.24) is 9.97 Å². The Morgan fingerprint density at radius 3 is 2.63 bits per heavy atom. The Labute approximate surface area is 162 Å². The van der Waals surface area contributed by atoms with Gasteiger partial charge in [-0.2, -0.15) is 0 Å². The van der Waals surface area contributed by atoms with Crippen molar-refractivity contribution in [3.05, 3.63) is 47.1 Å². The molecule has 27 heavy (non-hydrogen) atoms. The van der Waals surface area contributed by atoms with Crippen LogP contribution < -0.4 is 9.80 Å². The Morgan fingerprint density at radius 2 is 1.93 bits per heavy atom. The molecule has 0 spiro atoms. The van der Waals surface area contributed by atoms with E-state index in [-0.39, 0.29) is 5.97 Å². The van der Waals surface area contributed by atoms with Gasteiger partial charge < -0.3 is 14.5 Å². The zero-order valence-corrected chi connectivity index (χ0v) is 16.3. The fraction of sp³-hybridized carbons (Fsp3) is 0.350. The number of hydrogen-bond donors (Lipinski definition) is 0. The lowest BCUT2D eigenvalue weighted by molar-refractivity contribution is 0.0527. The molecular formula is C20H22N4O2S. The number of piperazine rings is 1. The van der Waals surface area contributed by atoms with Gasteiger partial charge >= 0.3 is 5.97 Å². The summed E-state index contributed by atoms with van der Waals surface area (Å²) in [5, 5.41) is 4.13. The van der Waals surface area contributed by atoms with Gasteiger partial charge in [0.05, 0.1) is 23.5 Å². The monoisotopic (exact) mass is 382 g/mol. The van der Waals surface area contributed by atoms with Gasteiger partial charge in [-0.1, -0.05) is 18.2 Å². The number of ether oxygens (including phenoxy) is 1. The number of hydrogen-bond acceptors (Lipinski definition) is 7. The minimum Gasteiger partial charge on any atom is -0.462 e. The molecule has 0 radical (unpaired) electrons. The fourth-order valence-electron chi connectivity index (χ4n) is 3.43. The van der Waals surface area contributed by atoms with Crippen molar-refractivity contribution in [2.45, 2.75) is 13.8 Å². The summed E-state index contributed by atoms with van der Waals surface area (Å²) >= 11 is 1.68. The van der Waals surface area contributed by atoms with Gasteiger partial charge in [0.1, 0.15) is 5.56 Å². The van der Waals surface area contributed by atoms with Gasteiger partial charge in [0.2, 0.25) is 0 Å². The van der Waals surface area contributed by atoms with Crippen molar-refractivity contribution in [3.8, 4) is 0 Å². The molecule has 2 aromatic heterocycles. The standard InChI is InChI=1S/C20H22N4O2S/c1-3-26-19(25)16-12-21-17-7-5-4-6-15(17)18(16)23-8-10-24(11-9-23)20-22-14(2)13-27-20/h4-7,12-13H,3,8-11H2,1-2H3. The number of esters is 1. The number of carbonyl (C=O) groups excluding carboxylic acids is 1. The maximum atomic E-state index is 12.5. The van der Waals surface area contributed by atoms with Crippen LogP contribution in [0.1, 0.15) is 23.0 Å². The average molecular weight is 382 g/mol. The quantitative estimate of drug-likeness (QED) is 0.644. The van der Waals surface area contributed by atoms with Gasteiger partial charge in [-0.3, -0.25) is 4.98 Å². The lowest BCUT2D eigenvalue weighted by atomic mass is 10.1. The van der Waals surface area contributed by atoms with Crippen molar-refractivity contribution >= 4 is 39.0 Å². The number of para-hydroxylation sites is 1. The van der Waals surface area contributed by atoms with Gasteiger partial charge in [0.25, 0.3) is 0 Å². The summed E-state index contributed by atoms with van der Waals surface area (Å²) in [6, 6.07) is 7.95. The number of aryl methyl sites for hydroxylation is 1. The van der Waals surface area contributed by atoms with Crippen LogP contribution in [0.15, 0.2) is 35.8 Å². The molecule has 1 fully saturated rings. The number of carbonyl (C=O) groups is 1. The molecule has 0 unspecified atom stereocenters. The first-order valence-corrected chi connectivity index (χ1v) is 10.0. The molecule has 1 aliphatic heterocycles. The Hall–Kier alpha value is -2.67. The van der Waals surface area contributed by atoms with Crippen LogP contribution >= 0.6 is 11.3 Å². The van der Waals surface area contributed by atoms with Crippen LogP contribution in [0, 0.1) is 6.92 Å². The Kier molecular flexibility index (Phi) is 4.94. The van der Waals surface area contributed by atoms with E-state index in [1.807, 2.05) is 38.1 Å². The highest BCUT2D eigenvalue weighted by Gasteiger charge is 2.25. The van der Waals surface area contributed by atoms with E-state index in [4.69, 9.17) is 4.74 Å². The molecule has 1 aliphatic rings. The number of aromatic nitrogens is 2. The molecule has 0 N–H and O–H groups in total. The first-order chi connectivity index (χ1) is 13.2. The van der Waals surface area contributed by atoms with Crippen molar-refractivity contribution in [1.29, 1.82) is 0 Å². The lowest BCUT2D eigenvalue weighted by Gasteiger charge is -2.37. The van der Waals surface area contributed by atoms with Gasteiger partial charge in [0.15, 0.2) is 5.13 Å². The summed E-state index contributed by atoms with van der Waals surface area (Å²) < 4.78 is 5.28. The molecule has 7 heteroatoms. The van der Waals surface area contributed by atoms with Crippen LogP contribution in [0.3, 0.4) is 0 Å². The zero-order chi connectivity index (χ0) is 18.8. The second-order valence-electron chi connectivity index (χ2n) is 6.50. The lowest BCUT2D eigenvalue weighted by Crippen LogP contribution is -2.47. The Morgan fingerprint density at radius 1 is 1.19 bits per heavy atom. The summed E-state index contributed by atoms with van der Waals surface area (Å²) in [4.78, 5) is 26.2. The Balaban J connectivity index is 1.66. The van der Waals surface area contributed by atoms with Gasteiger partial charge in [-0.05, 0) is 19.9 Å². The number of thiazole rings is 1. The van der Waals surface area contributed by atoms with E-state index in [0.717, 1.165) is 53.6 Å². The fourth-order valence-corrected chi connectivity index (χ4v) is 4.29. The van der Waals surface area contributed by atoms with Crippen molar-refractivity contribution in [2.24, 2.45) is 0 Å². The largest absolute Gasteiger partial charge is 0.462 e. The minimum absolute atomic E-state index is 0.316. The van der Waals surface area contributed by atoms with E-state index < -0.39 is 0 Å². The highest BCUT2D eigenvalue weighted by Crippen LogP contribution is 2.32. The number of rotatable bonds is 4. The predicted molar refractivity (Wildman–Crippen MR) is 109 cm³/mol. The summed E-state index contributed by atoms with van der Waals surface area (Å²) in [6.45, 7) is 7.56. The maximum absolute atomic E-state index is 12.5. The SMILES string of the molecule is CCOC(=O)c1cnc2ccccc2c1N1CCN(c2nc(C)cs2)CC1. The number of fused-ring (bicyclic) bond motifs is 1. The molecule has 1 saturated heterocycles. The van der Waals surface area contributed by atoms with E-state index >= 15 is 0 Å². The van der Waals surface area contributed by atoms with Crippen LogP contribution in [-0.2, 0) is 4.74 Å². The van der Waals surface area contributed by atoms with Crippen molar-refractivity contribution in [3.63, 3.8) is 0 Å². The first-order valence-electron chi connectivity index (χ1n) is 9.14. The van der Waals surface area contributed by atoms with Crippen molar-refractivity contribution in [2.75, 3.05) is 42.6 Å².